The van der Waals surface area contributed by atoms with Crippen LogP contribution in [0, 0.1) is 0 Å². The molecule has 0 amide bonds. The van der Waals surface area contributed by atoms with Crippen LogP contribution in [0.3, 0.4) is 0 Å². The number of benzene rings is 2. The summed E-state index contributed by atoms with van der Waals surface area (Å²) in [7, 11) is 0. The molecule has 0 saturated carbocycles. The molecular formula is C16H10O4S. The molecular weight excluding hydrogens is 288 g/mol. The van der Waals surface area contributed by atoms with Gasteiger partial charge in [-0.25, -0.2) is 0 Å². The Bertz CT molecular complexity index is 661. The first-order valence-electron chi connectivity index (χ1n) is 5.99. The van der Waals surface area contributed by atoms with E-state index in [1.165, 1.54) is 11.8 Å². The van der Waals surface area contributed by atoms with E-state index >= 15 is 0 Å². The van der Waals surface area contributed by atoms with Crippen LogP contribution in [0.1, 0.15) is 41.4 Å². The topological polar surface area (TPSA) is 68.3 Å². The molecule has 2 aromatic rings. The standard InChI is InChI=1S/C16H10O4S/c17-7-11-3-1-5-15(13(11)9-19)21-16-6-2-4-12(8-18)14(16)10-20/h1-10H. The molecule has 4 nitrogen and oxygen atoms in total. The lowest BCUT2D eigenvalue weighted by molar-refractivity contribution is 0.109. The van der Waals surface area contributed by atoms with Crippen molar-refractivity contribution in [1.82, 2.24) is 0 Å². The van der Waals surface area contributed by atoms with E-state index < -0.39 is 0 Å². The van der Waals surface area contributed by atoms with Crippen molar-refractivity contribution in [2.45, 2.75) is 9.79 Å². The third-order valence-electron chi connectivity index (χ3n) is 2.91. The lowest BCUT2D eigenvalue weighted by Gasteiger charge is -2.09. The molecule has 104 valence electrons. The Hall–Kier alpha value is -2.53. The minimum atomic E-state index is 0.269. The summed E-state index contributed by atoms with van der Waals surface area (Å²) in [5.41, 5.74) is 1.11. The maximum Gasteiger partial charge on any atom is 0.151 e. The molecule has 2 aromatic carbocycles. The highest BCUT2D eigenvalue weighted by molar-refractivity contribution is 7.99. The summed E-state index contributed by atoms with van der Waals surface area (Å²) in [6.45, 7) is 0. The normalized spacial score (nSPS) is 9.90. The molecule has 0 aliphatic rings. The third kappa shape index (κ3) is 2.98. The second-order valence-electron chi connectivity index (χ2n) is 4.09. The zero-order chi connectivity index (χ0) is 15.2. The fourth-order valence-corrected chi connectivity index (χ4v) is 2.96. The van der Waals surface area contributed by atoms with Crippen molar-refractivity contribution in [2.75, 3.05) is 0 Å². The average molecular weight is 298 g/mol. The fraction of sp³-hybridized carbons (Fsp3) is 0. The molecule has 0 heterocycles. The second-order valence-corrected chi connectivity index (χ2v) is 5.18. The van der Waals surface area contributed by atoms with Gasteiger partial charge < -0.3 is 0 Å². The quantitative estimate of drug-likeness (QED) is 0.767. The first-order chi connectivity index (χ1) is 10.2. The lowest BCUT2D eigenvalue weighted by Crippen LogP contribution is -1.96. The second kappa shape index (κ2) is 6.76. The molecule has 0 aliphatic carbocycles. The van der Waals surface area contributed by atoms with E-state index in [2.05, 4.69) is 0 Å². The lowest BCUT2D eigenvalue weighted by atomic mass is 10.1. The summed E-state index contributed by atoms with van der Waals surface area (Å²) >= 11 is 1.17. The van der Waals surface area contributed by atoms with Gasteiger partial charge in [-0.1, -0.05) is 36.0 Å². The first-order valence-corrected chi connectivity index (χ1v) is 6.81. The van der Waals surface area contributed by atoms with Gasteiger partial charge in [0.1, 0.15) is 0 Å². The Kier molecular flexibility index (Phi) is 4.79. The summed E-state index contributed by atoms with van der Waals surface area (Å²) in [5.74, 6) is 0. The van der Waals surface area contributed by atoms with Crippen LogP contribution in [-0.2, 0) is 0 Å². The Labute approximate surface area is 125 Å². The molecule has 5 heteroatoms. The van der Waals surface area contributed by atoms with Crippen LogP contribution in [0.15, 0.2) is 46.2 Å². The minimum absolute atomic E-state index is 0.269. The molecule has 0 atom stereocenters. The van der Waals surface area contributed by atoms with Crippen LogP contribution in [0.5, 0.6) is 0 Å². The minimum Gasteiger partial charge on any atom is -0.298 e. The van der Waals surface area contributed by atoms with Crippen molar-refractivity contribution < 1.29 is 19.2 Å². The highest BCUT2D eigenvalue weighted by Crippen LogP contribution is 2.33. The molecule has 21 heavy (non-hydrogen) atoms. The van der Waals surface area contributed by atoms with Crippen LogP contribution in [-0.4, -0.2) is 25.1 Å². The molecule has 0 unspecified atom stereocenters. The van der Waals surface area contributed by atoms with Gasteiger partial charge in [-0.3, -0.25) is 19.2 Å². The van der Waals surface area contributed by atoms with Gasteiger partial charge in [0, 0.05) is 32.0 Å². The van der Waals surface area contributed by atoms with Crippen molar-refractivity contribution in [1.29, 1.82) is 0 Å². The van der Waals surface area contributed by atoms with Gasteiger partial charge >= 0.3 is 0 Å². The largest absolute Gasteiger partial charge is 0.298 e. The predicted molar refractivity (Wildman–Crippen MR) is 78.6 cm³/mol. The third-order valence-corrected chi connectivity index (χ3v) is 4.06. The van der Waals surface area contributed by atoms with Crippen molar-refractivity contribution in [3.05, 3.63) is 58.7 Å². The molecule has 0 fully saturated rings. The van der Waals surface area contributed by atoms with Gasteiger partial charge in [0.2, 0.25) is 0 Å². The number of aldehydes is 4. The SMILES string of the molecule is O=Cc1cccc(Sc2cccc(C=O)c2C=O)c1C=O. The molecule has 0 aromatic heterocycles. The molecule has 0 aliphatic heterocycles. The van der Waals surface area contributed by atoms with Crippen molar-refractivity contribution >= 4 is 36.9 Å². The number of carbonyl (C=O) groups is 4. The Morgan fingerprint density at radius 3 is 1.38 bits per heavy atom. The van der Waals surface area contributed by atoms with Crippen molar-refractivity contribution in [3.8, 4) is 0 Å². The molecule has 2 rings (SSSR count). The van der Waals surface area contributed by atoms with E-state index in [1.54, 1.807) is 36.4 Å². The van der Waals surface area contributed by atoms with Crippen LogP contribution >= 0.6 is 11.8 Å². The maximum atomic E-state index is 11.2. The summed E-state index contributed by atoms with van der Waals surface area (Å²) in [6.07, 6.45) is 2.43. The van der Waals surface area contributed by atoms with E-state index in [4.69, 9.17) is 0 Å². The average Bonchev–Trinajstić information content (AvgIpc) is 2.54. The van der Waals surface area contributed by atoms with E-state index in [1.807, 2.05) is 0 Å². The molecule has 0 radical (unpaired) electrons. The van der Waals surface area contributed by atoms with E-state index in [-0.39, 0.29) is 22.3 Å². The monoisotopic (exact) mass is 298 g/mol. The van der Waals surface area contributed by atoms with Crippen LogP contribution in [0.4, 0.5) is 0 Å². The summed E-state index contributed by atoms with van der Waals surface area (Å²) < 4.78 is 0. The Morgan fingerprint density at radius 2 is 1.05 bits per heavy atom. The van der Waals surface area contributed by atoms with Gasteiger partial charge in [0.05, 0.1) is 0 Å². The molecule has 0 bridgehead atoms. The highest BCUT2D eigenvalue weighted by Gasteiger charge is 2.12. The zero-order valence-corrected chi connectivity index (χ0v) is 11.6. The maximum absolute atomic E-state index is 11.2. The van der Waals surface area contributed by atoms with E-state index in [0.29, 0.717) is 34.9 Å². The van der Waals surface area contributed by atoms with Gasteiger partial charge in [-0.2, -0.15) is 0 Å². The number of hydrogen-bond acceptors (Lipinski definition) is 5. The van der Waals surface area contributed by atoms with Crippen LogP contribution in [0.2, 0.25) is 0 Å². The summed E-state index contributed by atoms with van der Waals surface area (Å²) in [4.78, 5) is 45.4. The smallest absolute Gasteiger partial charge is 0.151 e. The molecule has 0 saturated heterocycles. The number of hydrogen-bond donors (Lipinski definition) is 0. The Morgan fingerprint density at radius 1 is 0.619 bits per heavy atom. The summed E-state index contributed by atoms with van der Waals surface area (Å²) in [6, 6.07) is 9.77. The van der Waals surface area contributed by atoms with E-state index in [0.717, 1.165) is 0 Å². The number of carbonyl (C=O) groups excluding carboxylic acids is 4. The highest BCUT2D eigenvalue weighted by atomic mass is 32.2. The van der Waals surface area contributed by atoms with Crippen LogP contribution < -0.4 is 0 Å². The van der Waals surface area contributed by atoms with Crippen molar-refractivity contribution in [3.63, 3.8) is 0 Å². The predicted octanol–water partition coefficient (Wildman–Crippen LogP) is 3.09. The Balaban J connectivity index is 2.53. The first kappa shape index (κ1) is 14.9. The fourth-order valence-electron chi connectivity index (χ4n) is 1.88. The zero-order valence-electron chi connectivity index (χ0n) is 10.8. The van der Waals surface area contributed by atoms with Gasteiger partial charge in [0.15, 0.2) is 25.1 Å². The number of rotatable bonds is 6. The van der Waals surface area contributed by atoms with E-state index in [9.17, 15) is 19.2 Å². The van der Waals surface area contributed by atoms with Gasteiger partial charge in [-0.15, -0.1) is 0 Å². The van der Waals surface area contributed by atoms with Gasteiger partial charge in [0.25, 0.3) is 0 Å². The summed E-state index contributed by atoms with van der Waals surface area (Å²) in [5, 5.41) is 0. The van der Waals surface area contributed by atoms with Gasteiger partial charge in [-0.05, 0) is 12.1 Å². The molecule has 0 N–H and O–H groups in total. The van der Waals surface area contributed by atoms with Crippen LogP contribution in [0.25, 0.3) is 0 Å². The van der Waals surface area contributed by atoms with Crippen molar-refractivity contribution in [2.24, 2.45) is 0 Å². The molecule has 0 spiro atoms.